The van der Waals surface area contributed by atoms with Gasteiger partial charge in [-0.2, -0.15) is 0 Å². The van der Waals surface area contributed by atoms with Crippen LogP contribution < -0.4 is 0 Å². The Hall–Kier alpha value is -3.54. The fourth-order valence-corrected chi connectivity index (χ4v) is 3.50. The number of rotatable bonds is 2. The standard InChI is InChI=1S/C28H24O/c1-20-10-9-15-25(18-20)26-17-16-24(23-13-5-4-6-14-23)19-27-21(2)11-7-8-12-22(3)29-28(26)27/h4-16,18-19H,1-3H3. The Morgan fingerprint density at radius 3 is 2.24 bits per heavy atom. The van der Waals surface area contributed by atoms with Crippen molar-refractivity contribution in [2.24, 2.45) is 0 Å². The molecule has 142 valence electrons. The summed E-state index contributed by atoms with van der Waals surface area (Å²) in [5.74, 6) is 1.68. The van der Waals surface area contributed by atoms with Crippen LogP contribution in [0, 0.1) is 20.8 Å². The molecule has 0 radical (unpaired) electrons. The van der Waals surface area contributed by atoms with Crippen molar-refractivity contribution in [2.75, 3.05) is 0 Å². The molecule has 0 unspecified atom stereocenters. The Morgan fingerprint density at radius 2 is 1.45 bits per heavy atom. The van der Waals surface area contributed by atoms with Crippen molar-refractivity contribution in [3.8, 4) is 0 Å². The molecule has 0 saturated carbocycles. The van der Waals surface area contributed by atoms with Crippen LogP contribution in [0.25, 0.3) is 17.2 Å². The molecular weight excluding hydrogens is 352 g/mol. The quantitative estimate of drug-likeness (QED) is 0.423. The third-order valence-electron chi connectivity index (χ3n) is 5.03. The third-order valence-corrected chi connectivity index (χ3v) is 5.03. The van der Waals surface area contributed by atoms with E-state index in [-0.39, 0.29) is 0 Å². The summed E-state index contributed by atoms with van der Waals surface area (Å²) in [4.78, 5) is 0. The number of hydrogen-bond donors (Lipinski definition) is 0. The van der Waals surface area contributed by atoms with Crippen LogP contribution in [-0.2, 0) is 0 Å². The number of allylic oxidation sites excluding steroid dienone is 2. The van der Waals surface area contributed by atoms with Gasteiger partial charge in [0.2, 0.25) is 0 Å². The molecule has 0 atom stereocenters. The molecule has 0 aliphatic heterocycles. The Balaban J connectivity index is 2.10. The monoisotopic (exact) mass is 376 g/mol. The second kappa shape index (κ2) is 8.22. The van der Waals surface area contributed by atoms with Gasteiger partial charge in [-0.25, -0.2) is 0 Å². The molecule has 1 aliphatic rings. The second-order valence-electron chi connectivity index (χ2n) is 7.36. The van der Waals surface area contributed by atoms with Crippen LogP contribution in [0.5, 0.6) is 0 Å². The van der Waals surface area contributed by atoms with Crippen LogP contribution in [0.2, 0.25) is 0 Å². The summed E-state index contributed by atoms with van der Waals surface area (Å²) in [6, 6.07) is 27.1. The van der Waals surface area contributed by atoms with Gasteiger partial charge in [-0.1, -0.05) is 78.4 Å². The molecule has 2 aromatic carbocycles. The third kappa shape index (κ3) is 4.16. The van der Waals surface area contributed by atoms with E-state index in [1.807, 2.05) is 25.1 Å². The van der Waals surface area contributed by atoms with E-state index in [9.17, 15) is 0 Å². The predicted octanol–water partition coefficient (Wildman–Crippen LogP) is 7.47. The topological polar surface area (TPSA) is 13.1 Å². The molecule has 0 bridgehead atoms. The van der Waals surface area contributed by atoms with Gasteiger partial charge in [-0.3, -0.25) is 0 Å². The van der Waals surface area contributed by atoms with Crippen molar-refractivity contribution in [3.63, 3.8) is 0 Å². The zero-order chi connectivity index (χ0) is 20.2. The highest BCUT2D eigenvalue weighted by molar-refractivity contribution is 5.95. The van der Waals surface area contributed by atoms with Gasteiger partial charge in [0.15, 0.2) is 0 Å². The second-order valence-corrected chi connectivity index (χ2v) is 7.36. The average Bonchev–Trinajstić information content (AvgIpc) is 2.88. The molecule has 1 heteroatoms. The summed E-state index contributed by atoms with van der Waals surface area (Å²) in [6.07, 6.45) is 4.27. The van der Waals surface area contributed by atoms with Gasteiger partial charge in [0.25, 0.3) is 0 Å². The van der Waals surface area contributed by atoms with Gasteiger partial charge in [-0.15, -0.1) is 5.73 Å². The van der Waals surface area contributed by atoms with Crippen molar-refractivity contribution in [2.45, 2.75) is 20.8 Å². The molecule has 0 amide bonds. The maximum Gasteiger partial charge on any atom is 0.149 e. The molecule has 0 saturated heterocycles. The van der Waals surface area contributed by atoms with E-state index < -0.39 is 0 Å². The Morgan fingerprint density at radius 1 is 0.724 bits per heavy atom. The van der Waals surface area contributed by atoms with Gasteiger partial charge in [0.1, 0.15) is 11.5 Å². The fraction of sp³-hybridized carbons (Fsp3) is 0.107. The summed E-state index contributed by atoms with van der Waals surface area (Å²) in [5, 5.41) is 0. The maximum absolute atomic E-state index is 6.40. The first-order valence-electron chi connectivity index (χ1n) is 9.87. The predicted molar refractivity (Wildman–Crippen MR) is 122 cm³/mol. The molecule has 1 heterocycles. The van der Waals surface area contributed by atoms with Gasteiger partial charge in [0.05, 0.1) is 5.57 Å². The lowest BCUT2D eigenvalue weighted by Gasteiger charge is -2.09. The summed E-state index contributed by atoms with van der Waals surface area (Å²) < 4.78 is 6.40. The minimum absolute atomic E-state index is 0.837. The summed E-state index contributed by atoms with van der Waals surface area (Å²) in [5.41, 5.74) is 11.3. The fourth-order valence-electron chi connectivity index (χ4n) is 3.50. The lowest BCUT2D eigenvalue weighted by molar-refractivity contribution is 0.507. The van der Waals surface area contributed by atoms with Gasteiger partial charge in [-0.05, 0) is 61.3 Å². The molecule has 1 aliphatic carbocycles. The summed E-state index contributed by atoms with van der Waals surface area (Å²) in [7, 11) is 0. The lowest BCUT2D eigenvalue weighted by Crippen LogP contribution is -1.92. The van der Waals surface area contributed by atoms with Crippen LogP contribution in [-0.4, -0.2) is 0 Å². The Labute approximate surface area is 172 Å². The van der Waals surface area contributed by atoms with Crippen LogP contribution in [0.4, 0.5) is 0 Å². The van der Waals surface area contributed by atoms with Crippen molar-refractivity contribution >= 4 is 17.2 Å². The molecule has 29 heavy (non-hydrogen) atoms. The number of hydrogen-bond acceptors (Lipinski definition) is 1. The lowest BCUT2D eigenvalue weighted by atomic mass is 9.97. The van der Waals surface area contributed by atoms with E-state index in [1.54, 1.807) is 0 Å². The minimum atomic E-state index is 0.837. The zero-order valence-corrected chi connectivity index (χ0v) is 17.1. The van der Waals surface area contributed by atoms with Crippen LogP contribution in [0.3, 0.4) is 0 Å². The van der Waals surface area contributed by atoms with Crippen LogP contribution >= 0.6 is 0 Å². The van der Waals surface area contributed by atoms with Crippen molar-refractivity contribution in [1.29, 1.82) is 0 Å². The molecular formula is C28H24O. The number of fused-ring (bicyclic) bond motifs is 1. The summed E-state index contributed by atoms with van der Waals surface area (Å²) in [6.45, 7) is 6.22. The van der Waals surface area contributed by atoms with Gasteiger partial charge >= 0.3 is 0 Å². The molecule has 3 aromatic rings. The molecule has 4 rings (SSSR count). The smallest absolute Gasteiger partial charge is 0.149 e. The Kier molecular flexibility index (Phi) is 5.33. The highest BCUT2D eigenvalue weighted by atomic mass is 16.3. The van der Waals surface area contributed by atoms with E-state index in [0.29, 0.717) is 0 Å². The van der Waals surface area contributed by atoms with E-state index in [1.165, 1.54) is 5.56 Å². The van der Waals surface area contributed by atoms with Gasteiger partial charge < -0.3 is 4.42 Å². The van der Waals surface area contributed by atoms with Crippen molar-refractivity contribution < 1.29 is 4.42 Å². The van der Waals surface area contributed by atoms with E-state index in [2.05, 4.69) is 92.4 Å². The molecule has 0 spiro atoms. The van der Waals surface area contributed by atoms with Crippen LogP contribution in [0.15, 0.2) is 95.1 Å². The van der Waals surface area contributed by atoms with E-state index >= 15 is 0 Å². The summed E-state index contributed by atoms with van der Waals surface area (Å²) >= 11 is 0. The van der Waals surface area contributed by atoms with Gasteiger partial charge in [0, 0.05) is 5.56 Å². The zero-order valence-electron chi connectivity index (χ0n) is 17.1. The minimum Gasteiger partial charge on any atom is -0.460 e. The van der Waals surface area contributed by atoms with Crippen LogP contribution in [0.1, 0.15) is 39.3 Å². The highest BCUT2D eigenvalue weighted by Crippen LogP contribution is 2.33. The largest absolute Gasteiger partial charge is 0.460 e. The SMILES string of the molecule is Cc1cccc(C2=C=CC(c3ccccc3)=Cc3c(C)ccccc(C)oc32)c1. The Bertz CT molecular complexity index is 1200. The first kappa shape index (κ1) is 18.8. The van der Waals surface area contributed by atoms with Crippen molar-refractivity contribution in [3.05, 3.63) is 130 Å². The molecule has 1 nitrogen and oxygen atoms in total. The molecule has 0 N–H and O–H groups in total. The molecule has 1 aromatic heterocycles. The first-order valence-corrected chi connectivity index (χ1v) is 9.87. The normalized spacial score (nSPS) is 12.4. The number of benzene rings is 2. The number of aryl methyl sites for hydroxylation is 3. The molecule has 0 fully saturated rings. The highest BCUT2D eigenvalue weighted by Gasteiger charge is 2.16. The van der Waals surface area contributed by atoms with E-state index in [0.717, 1.165) is 44.9 Å². The average molecular weight is 376 g/mol. The maximum atomic E-state index is 6.40. The van der Waals surface area contributed by atoms with E-state index in [4.69, 9.17) is 4.42 Å². The van der Waals surface area contributed by atoms with Crippen molar-refractivity contribution in [1.82, 2.24) is 0 Å². The first-order chi connectivity index (χ1) is 14.1.